The summed E-state index contributed by atoms with van der Waals surface area (Å²) < 4.78 is 0. The van der Waals surface area contributed by atoms with Gasteiger partial charge in [-0.1, -0.05) is 264 Å². The first kappa shape index (κ1) is 72.2. The topological polar surface area (TPSA) is 6.48 Å². The number of benzene rings is 6. The summed E-state index contributed by atoms with van der Waals surface area (Å²) in [5.41, 5.74) is 23.3. The van der Waals surface area contributed by atoms with Gasteiger partial charge in [-0.3, -0.25) is 0 Å². The summed E-state index contributed by atoms with van der Waals surface area (Å²) in [6.45, 7) is 46.2. The summed E-state index contributed by atoms with van der Waals surface area (Å²) in [5.74, 6) is 51.8. The van der Waals surface area contributed by atoms with Gasteiger partial charge in [0.1, 0.15) is 16.1 Å². The molecule has 0 unspecified atom stereocenters. The Morgan fingerprint density at radius 3 is 0.723 bits per heavy atom. The van der Waals surface area contributed by atoms with E-state index in [0.717, 1.165) is 55.9 Å². The molecule has 1 aliphatic rings. The second-order valence-corrected chi connectivity index (χ2v) is 38.7. The zero-order valence-electron chi connectivity index (χ0n) is 59.8. The van der Waals surface area contributed by atoms with Crippen LogP contribution in [0, 0.1) is 94.0 Å². The van der Waals surface area contributed by atoms with E-state index in [4.69, 9.17) is 0 Å². The van der Waals surface area contributed by atoms with E-state index in [0.29, 0.717) is 90.9 Å². The summed E-state index contributed by atoms with van der Waals surface area (Å²) in [6.07, 6.45) is 0. The third-order valence-electron chi connectivity index (χ3n) is 18.3. The van der Waals surface area contributed by atoms with Crippen molar-refractivity contribution in [3.05, 3.63) is 237 Å². The highest BCUT2D eigenvalue weighted by atomic mass is 28.3. The summed E-state index contributed by atoms with van der Waals surface area (Å²) in [7, 11) is -4.68. The number of anilines is 2. The minimum absolute atomic E-state index is 0.319. The molecular formula is C90H98N2Si2. The van der Waals surface area contributed by atoms with Crippen molar-refractivity contribution in [3.8, 4) is 94.0 Å². The van der Waals surface area contributed by atoms with E-state index in [2.05, 4.69) is 388 Å². The molecule has 4 heteroatoms. The molecule has 1 aliphatic carbocycles. The molecule has 0 spiro atoms. The normalized spacial score (nSPS) is 12.1. The lowest BCUT2D eigenvalue weighted by Crippen LogP contribution is -2.43. The van der Waals surface area contributed by atoms with Crippen molar-refractivity contribution >= 4 is 38.7 Å². The largest absolute Gasteiger partial charge is 0.367 e. The van der Waals surface area contributed by atoms with Gasteiger partial charge < -0.3 is 9.80 Å². The minimum Gasteiger partial charge on any atom is -0.367 e. The predicted molar refractivity (Wildman–Crippen MR) is 413 cm³/mol. The zero-order chi connectivity index (χ0) is 68.3. The van der Waals surface area contributed by atoms with Crippen LogP contribution in [0.25, 0.3) is 11.1 Å². The second kappa shape index (κ2) is 33.6. The molecule has 0 N–H and O–H groups in total. The Bertz CT molecular complexity index is 3860. The maximum Gasteiger partial charge on any atom is 0.146 e. The lowest BCUT2D eigenvalue weighted by molar-refractivity contribution is 0.608. The van der Waals surface area contributed by atoms with Crippen LogP contribution in [-0.2, 0) is 0 Å². The van der Waals surface area contributed by atoms with E-state index < -0.39 is 16.1 Å². The molecule has 0 atom stereocenters. The summed E-state index contributed by atoms with van der Waals surface area (Å²) in [6, 6.07) is 60.0. The van der Waals surface area contributed by atoms with Crippen LogP contribution in [0.1, 0.15) is 172 Å². The summed E-state index contributed by atoms with van der Waals surface area (Å²) >= 11 is 0. The smallest absolute Gasteiger partial charge is 0.146 e. The Morgan fingerprint density at radius 1 is 0.277 bits per heavy atom. The molecule has 0 radical (unpaired) electrons. The molecule has 0 aliphatic heterocycles. The highest BCUT2D eigenvalue weighted by Gasteiger charge is 2.43. The maximum atomic E-state index is 4.10. The number of allylic oxidation sites excluding steroid dienone is 6. The summed E-state index contributed by atoms with van der Waals surface area (Å²) in [4.78, 5) is 4.83. The van der Waals surface area contributed by atoms with Gasteiger partial charge in [0.15, 0.2) is 0 Å². The van der Waals surface area contributed by atoms with Gasteiger partial charge in [-0.25, -0.2) is 0 Å². The average molecular weight is 1260 g/mol. The molecule has 0 bridgehead atoms. The van der Waals surface area contributed by atoms with E-state index in [1.165, 1.54) is 0 Å². The molecule has 476 valence electrons. The first-order valence-corrected chi connectivity index (χ1v) is 38.5. The number of rotatable bonds is 16. The number of hydrogen-bond acceptors (Lipinski definition) is 2. The van der Waals surface area contributed by atoms with Crippen LogP contribution < -0.4 is 9.80 Å². The maximum absolute atomic E-state index is 4.10. The van der Waals surface area contributed by atoms with Gasteiger partial charge in [0.05, 0.1) is 33.4 Å². The van der Waals surface area contributed by atoms with Crippen molar-refractivity contribution < 1.29 is 0 Å². The monoisotopic (exact) mass is 1260 g/mol. The molecule has 7 rings (SSSR count). The van der Waals surface area contributed by atoms with Gasteiger partial charge >= 0.3 is 0 Å². The van der Waals surface area contributed by atoms with Crippen LogP contribution in [0.4, 0.5) is 11.4 Å². The highest BCUT2D eigenvalue weighted by molar-refractivity contribution is 6.91. The van der Waals surface area contributed by atoms with E-state index in [9.17, 15) is 0 Å². The van der Waals surface area contributed by atoms with E-state index in [1.54, 1.807) is 0 Å². The highest BCUT2D eigenvalue weighted by Crippen LogP contribution is 2.43. The SMILES string of the molecule is CC(C)N(c1ccc(C#CC(C#Cc2ccc(N(C(C)C)C(C)C)cc2)=C2C#CC(=C(c3ccccc3)c3ccccc3)C#CC(=C(C#C[Si](C(C)C)(C(C)C)C(C)C)C#C[Si](C(C)C)(C(C)C)C(C)C)C#CC(=C(c3ccccc3)c3ccccc3)C#C2)cc1)C(C)C. The molecule has 0 amide bonds. The van der Waals surface area contributed by atoms with Crippen molar-refractivity contribution in [1.29, 1.82) is 0 Å². The molecule has 6 aromatic carbocycles. The zero-order valence-corrected chi connectivity index (χ0v) is 61.8. The molecule has 0 saturated carbocycles. The van der Waals surface area contributed by atoms with Crippen molar-refractivity contribution in [1.82, 2.24) is 0 Å². The van der Waals surface area contributed by atoms with Crippen LogP contribution in [0.2, 0.25) is 33.2 Å². The molecule has 0 saturated heterocycles. The van der Waals surface area contributed by atoms with Gasteiger partial charge in [-0.2, -0.15) is 0 Å². The fourth-order valence-electron chi connectivity index (χ4n) is 14.1. The van der Waals surface area contributed by atoms with Gasteiger partial charge in [0, 0.05) is 57.8 Å². The molecule has 94 heavy (non-hydrogen) atoms. The third kappa shape index (κ3) is 17.7. The molecule has 0 heterocycles. The third-order valence-corrected chi connectivity index (χ3v) is 30.8. The predicted octanol–water partition coefficient (Wildman–Crippen LogP) is 21.4. The Kier molecular flexibility index (Phi) is 25.8. The first-order valence-electron chi connectivity index (χ1n) is 34.0. The van der Waals surface area contributed by atoms with E-state index >= 15 is 0 Å². The fourth-order valence-corrected chi connectivity index (χ4v) is 24.5. The van der Waals surface area contributed by atoms with E-state index in [-0.39, 0.29) is 0 Å². The van der Waals surface area contributed by atoms with Gasteiger partial charge in [0.2, 0.25) is 0 Å². The van der Waals surface area contributed by atoms with E-state index in [1.807, 2.05) is 24.3 Å². The first-order chi connectivity index (χ1) is 44.9. The molecule has 0 fully saturated rings. The van der Waals surface area contributed by atoms with Crippen LogP contribution in [-0.4, -0.2) is 40.3 Å². The van der Waals surface area contributed by atoms with Gasteiger partial charge in [-0.05, 0) is 183 Å². The lowest BCUT2D eigenvalue weighted by Gasteiger charge is -2.38. The van der Waals surface area contributed by atoms with Crippen LogP contribution >= 0.6 is 0 Å². The Balaban J connectivity index is 1.76. The van der Waals surface area contributed by atoms with Gasteiger partial charge in [0.25, 0.3) is 0 Å². The van der Waals surface area contributed by atoms with Crippen molar-refractivity contribution in [3.63, 3.8) is 0 Å². The standard InChI is InChI=1S/C90H98N2Si2/c1-65(2)91(66(3)4)87-57-43-75(44-58-87)41-47-77(48-42-76-45-59-88(60-46-76)92(67(5)6)68(7)8)78-49-53-85(89(81-33-25-21-26-34-81)82-35-27-22-28-36-82)55-51-79(52-56-86(54-50-78)90(83-37-29-23-30-38-83)84-39-31-24-32-40-84)80(61-63-93(69(9)10,70(11)12)71(13)14)62-64-94(72(15)16,73(17)18)74(19)20/h21-40,43-46,57-60,65-74H,1-20H3. The van der Waals surface area contributed by atoms with Crippen molar-refractivity contribution in [2.45, 2.75) is 196 Å². The number of nitrogens with zero attached hydrogens (tertiary/aromatic N) is 2. The summed E-state index contributed by atoms with van der Waals surface area (Å²) in [5, 5.41) is 0. The van der Waals surface area contributed by atoms with Crippen molar-refractivity contribution in [2.75, 3.05) is 9.80 Å². The minimum atomic E-state index is -2.34. The van der Waals surface area contributed by atoms with Crippen LogP contribution in [0.3, 0.4) is 0 Å². The Hall–Kier alpha value is -9.21. The Labute approximate surface area is 571 Å². The second-order valence-electron chi connectivity index (χ2n) is 27.5. The van der Waals surface area contributed by atoms with Crippen LogP contribution in [0.15, 0.2) is 203 Å². The quantitative estimate of drug-likeness (QED) is 0.0704. The average Bonchev–Trinajstić information content (AvgIpc) is 0.822. The molecule has 6 aromatic rings. The van der Waals surface area contributed by atoms with Crippen molar-refractivity contribution in [2.24, 2.45) is 0 Å². The molecular weight excluding hydrogens is 1170 g/mol. The number of hydrogen-bond donors (Lipinski definition) is 0. The lowest BCUT2D eigenvalue weighted by atomic mass is 9.92. The fraction of sp³-hybridized carbons (Fsp3) is 0.333. The molecule has 0 aromatic heterocycles. The Morgan fingerprint density at radius 2 is 0.500 bits per heavy atom. The molecule has 2 nitrogen and oxygen atoms in total. The van der Waals surface area contributed by atoms with Crippen LogP contribution in [0.5, 0.6) is 0 Å². The van der Waals surface area contributed by atoms with Gasteiger partial charge in [-0.15, -0.1) is 11.1 Å².